The maximum Gasteiger partial charge on any atom is 0.241 e. The van der Waals surface area contributed by atoms with Crippen LogP contribution in [-0.2, 0) is 4.79 Å². The van der Waals surface area contributed by atoms with Crippen molar-refractivity contribution in [2.24, 2.45) is 5.92 Å². The maximum absolute atomic E-state index is 12.4. The molecule has 2 saturated heterocycles. The van der Waals surface area contributed by atoms with E-state index < -0.39 is 0 Å². The minimum atomic E-state index is 0.0655. The summed E-state index contributed by atoms with van der Waals surface area (Å²) >= 11 is 0. The van der Waals surface area contributed by atoms with Gasteiger partial charge in [-0.3, -0.25) is 10.1 Å². The van der Waals surface area contributed by atoms with Crippen LogP contribution >= 0.6 is 0 Å². The molecule has 0 aromatic rings. The summed E-state index contributed by atoms with van der Waals surface area (Å²) in [6.07, 6.45) is 4.73. The third kappa shape index (κ3) is 3.48. The Bertz CT molecular complexity index is 300. The average Bonchev–Trinajstić information content (AvgIpc) is 2.68. The highest BCUT2D eigenvalue weighted by Crippen LogP contribution is 2.22. The summed E-state index contributed by atoms with van der Waals surface area (Å²) in [5.74, 6) is 1.02. The molecule has 4 heteroatoms. The number of carbonyl (C=O) groups is 1. The molecule has 1 amide bonds. The Morgan fingerprint density at radius 2 is 1.95 bits per heavy atom. The smallest absolute Gasteiger partial charge is 0.241 e. The summed E-state index contributed by atoms with van der Waals surface area (Å²) in [5, 5.41) is 3.43. The van der Waals surface area contributed by atoms with Crippen LogP contribution in [0.5, 0.6) is 0 Å². The highest BCUT2D eigenvalue weighted by atomic mass is 16.2. The molecule has 4 nitrogen and oxygen atoms in total. The lowest BCUT2D eigenvalue weighted by Crippen LogP contribution is -2.42. The Morgan fingerprint density at radius 3 is 2.53 bits per heavy atom. The van der Waals surface area contributed by atoms with Crippen LogP contribution in [0.2, 0.25) is 0 Å². The first-order valence-corrected chi connectivity index (χ1v) is 7.94. The largest absolute Gasteiger partial charge is 0.326 e. The van der Waals surface area contributed by atoms with Gasteiger partial charge in [-0.1, -0.05) is 20.3 Å². The van der Waals surface area contributed by atoms with Crippen LogP contribution in [0.1, 0.15) is 46.5 Å². The molecule has 0 aromatic heterocycles. The van der Waals surface area contributed by atoms with Crippen molar-refractivity contribution in [2.45, 2.75) is 58.7 Å². The summed E-state index contributed by atoms with van der Waals surface area (Å²) in [5.41, 5.74) is 0. The number of hydrogen-bond acceptors (Lipinski definition) is 3. The molecule has 2 unspecified atom stereocenters. The van der Waals surface area contributed by atoms with Crippen molar-refractivity contribution < 1.29 is 4.79 Å². The second-order valence-corrected chi connectivity index (χ2v) is 6.05. The Balaban J connectivity index is 1.84. The van der Waals surface area contributed by atoms with Crippen molar-refractivity contribution in [2.75, 3.05) is 26.2 Å². The van der Waals surface area contributed by atoms with E-state index >= 15 is 0 Å². The molecule has 19 heavy (non-hydrogen) atoms. The fourth-order valence-corrected chi connectivity index (χ4v) is 3.35. The third-order valence-electron chi connectivity index (χ3n) is 4.68. The lowest BCUT2D eigenvalue weighted by atomic mass is 9.96. The molecular weight excluding hydrogens is 238 g/mol. The van der Waals surface area contributed by atoms with Gasteiger partial charge in [0.15, 0.2) is 0 Å². The SMILES string of the molecule is CCCC1NC(C)N(CC2CCN(CC)CC2)C1=O. The summed E-state index contributed by atoms with van der Waals surface area (Å²) in [7, 11) is 0. The molecular formula is C15H29N3O. The van der Waals surface area contributed by atoms with Gasteiger partial charge in [-0.25, -0.2) is 0 Å². The van der Waals surface area contributed by atoms with E-state index in [0.717, 1.165) is 25.9 Å². The first-order chi connectivity index (χ1) is 9.15. The monoisotopic (exact) mass is 267 g/mol. The fraction of sp³-hybridized carbons (Fsp3) is 0.933. The van der Waals surface area contributed by atoms with E-state index in [-0.39, 0.29) is 12.2 Å². The van der Waals surface area contributed by atoms with E-state index in [9.17, 15) is 4.79 Å². The molecule has 2 heterocycles. The zero-order valence-electron chi connectivity index (χ0n) is 12.7. The van der Waals surface area contributed by atoms with Crippen molar-refractivity contribution in [1.29, 1.82) is 0 Å². The van der Waals surface area contributed by atoms with Gasteiger partial charge in [-0.15, -0.1) is 0 Å². The van der Waals surface area contributed by atoms with Crippen molar-refractivity contribution in [3.63, 3.8) is 0 Å². The number of hydrogen-bond donors (Lipinski definition) is 1. The van der Waals surface area contributed by atoms with Gasteiger partial charge < -0.3 is 9.80 Å². The normalized spacial score (nSPS) is 30.3. The zero-order chi connectivity index (χ0) is 13.8. The van der Waals surface area contributed by atoms with Gasteiger partial charge in [-0.2, -0.15) is 0 Å². The van der Waals surface area contributed by atoms with E-state index in [2.05, 4.69) is 35.9 Å². The number of likely N-dealkylation sites (tertiary alicyclic amines) is 1. The summed E-state index contributed by atoms with van der Waals surface area (Å²) in [6, 6.07) is 0.0655. The van der Waals surface area contributed by atoms with Gasteiger partial charge in [-0.05, 0) is 51.7 Å². The van der Waals surface area contributed by atoms with Crippen LogP contribution < -0.4 is 5.32 Å². The molecule has 110 valence electrons. The van der Waals surface area contributed by atoms with Crippen LogP contribution in [-0.4, -0.2) is 54.1 Å². The summed E-state index contributed by atoms with van der Waals surface area (Å²) < 4.78 is 0. The van der Waals surface area contributed by atoms with E-state index in [0.29, 0.717) is 11.8 Å². The third-order valence-corrected chi connectivity index (χ3v) is 4.68. The van der Waals surface area contributed by atoms with Crippen molar-refractivity contribution >= 4 is 5.91 Å². The number of nitrogens with one attached hydrogen (secondary N) is 1. The van der Waals surface area contributed by atoms with E-state index in [4.69, 9.17) is 0 Å². The summed E-state index contributed by atoms with van der Waals surface area (Å²) in [6.45, 7) is 11.0. The molecule has 0 spiro atoms. The predicted molar refractivity (Wildman–Crippen MR) is 77.8 cm³/mol. The number of rotatable bonds is 5. The van der Waals surface area contributed by atoms with Gasteiger partial charge in [0.25, 0.3) is 0 Å². The molecule has 1 N–H and O–H groups in total. The highest BCUT2D eigenvalue weighted by molar-refractivity contribution is 5.84. The van der Waals surface area contributed by atoms with Crippen molar-refractivity contribution in [3.8, 4) is 0 Å². The molecule has 2 rings (SSSR count). The molecule has 0 saturated carbocycles. The zero-order valence-corrected chi connectivity index (χ0v) is 12.7. The van der Waals surface area contributed by atoms with Crippen LogP contribution in [0.25, 0.3) is 0 Å². The van der Waals surface area contributed by atoms with Crippen molar-refractivity contribution in [3.05, 3.63) is 0 Å². The Hall–Kier alpha value is -0.610. The molecule has 0 bridgehead atoms. The lowest BCUT2D eigenvalue weighted by molar-refractivity contribution is -0.130. The second-order valence-electron chi connectivity index (χ2n) is 6.05. The van der Waals surface area contributed by atoms with E-state index in [1.54, 1.807) is 0 Å². The highest BCUT2D eigenvalue weighted by Gasteiger charge is 2.36. The predicted octanol–water partition coefficient (Wildman–Crippen LogP) is 1.66. The number of nitrogens with zero attached hydrogens (tertiary/aromatic N) is 2. The van der Waals surface area contributed by atoms with Crippen LogP contribution in [0.4, 0.5) is 0 Å². The Kier molecular flexibility index (Phi) is 5.22. The van der Waals surface area contributed by atoms with Gasteiger partial charge >= 0.3 is 0 Å². The topological polar surface area (TPSA) is 35.6 Å². The molecule has 0 aromatic carbocycles. The number of amides is 1. The van der Waals surface area contributed by atoms with Gasteiger partial charge in [0.1, 0.15) is 0 Å². The minimum absolute atomic E-state index is 0.0655. The van der Waals surface area contributed by atoms with E-state index in [1.165, 1.54) is 25.9 Å². The minimum Gasteiger partial charge on any atom is -0.326 e. The Labute approximate surface area is 117 Å². The summed E-state index contributed by atoms with van der Waals surface area (Å²) in [4.78, 5) is 16.9. The van der Waals surface area contributed by atoms with Crippen LogP contribution in [0, 0.1) is 5.92 Å². The first kappa shape index (κ1) is 14.8. The standard InChI is InChI=1S/C15H29N3O/c1-4-6-14-15(19)18(12(3)16-14)11-13-7-9-17(5-2)10-8-13/h12-14,16H,4-11H2,1-3H3. The molecule has 0 aliphatic carbocycles. The number of piperidine rings is 1. The molecule has 2 aliphatic rings. The van der Waals surface area contributed by atoms with Crippen LogP contribution in [0.3, 0.4) is 0 Å². The van der Waals surface area contributed by atoms with Gasteiger partial charge in [0, 0.05) is 6.54 Å². The van der Waals surface area contributed by atoms with Crippen LogP contribution in [0.15, 0.2) is 0 Å². The molecule has 2 aliphatic heterocycles. The number of carbonyl (C=O) groups excluding carboxylic acids is 1. The van der Waals surface area contributed by atoms with E-state index in [1.807, 2.05) is 0 Å². The second kappa shape index (κ2) is 6.71. The Morgan fingerprint density at radius 1 is 1.26 bits per heavy atom. The molecule has 0 radical (unpaired) electrons. The maximum atomic E-state index is 12.4. The lowest BCUT2D eigenvalue weighted by Gasteiger charge is -2.34. The molecule has 2 atom stereocenters. The van der Waals surface area contributed by atoms with Gasteiger partial charge in [0.05, 0.1) is 12.2 Å². The molecule has 2 fully saturated rings. The van der Waals surface area contributed by atoms with Crippen molar-refractivity contribution in [1.82, 2.24) is 15.1 Å². The fourth-order valence-electron chi connectivity index (χ4n) is 3.35. The quantitative estimate of drug-likeness (QED) is 0.823. The first-order valence-electron chi connectivity index (χ1n) is 7.94. The average molecular weight is 267 g/mol. The van der Waals surface area contributed by atoms with Gasteiger partial charge in [0.2, 0.25) is 5.91 Å².